The molecule has 1 N–H and O–H groups in total. The third-order valence-electron chi connectivity index (χ3n) is 2.10. The molecule has 0 saturated carbocycles. The van der Waals surface area contributed by atoms with Gasteiger partial charge in [-0.1, -0.05) is 36.9 Å². The number of aryl methyl sites for hydroxylation is 1. The van der Waals surface area contributed by atoms with Gasteiger partial charge in [0.25, 0.3) is 0 Å². The van der Waals surface area contributed by atoms with Gasteiger partial charge in [-0.05, 0) is 18.4 Å². The molecular formula is C12H13NO. The van der Waals surface area contributed by atoms with Crippen molar-refractivity contribution in [3.8, 4) is 6.07 Å². The number of hydrogen-bond acceptors (Lipinski definition) is 2. The maximum atomic E-state index is 9.46. The van der Waals surface area contributed by atoms with Crippen molar-refractivity contribution >= 4 is 0 Å². The van der Waals surface area contributed by atoms with E-state index in [2.05, 4.69) is 6.58 Å². The molecular weight excluding hydrogens is 174 g/mol. The lowest BCUT2D eigenvalue weighted by Gasteiger charge is -2.07. The van der Waals surface area contributed by atoms with E-state index < -0.39 is 6.10 Å². The summed E-state index contributed by atoms with van der Waals surface area (Å²) in [5, 5.41) is 17.9. The molecule has 2 nitrogen and oxygen atoms in total. The molecule has 0 amide bonds. The van der Waals surface area contributed by atoms with Crippen LogP contribution in [0.15, 0.2) is 42.5 Å². The van der Waals surface area contributed by atoms with E-state index >= 15 is 0 Å². The topological polar surface area (TPSA) is 44.0 Å². The van der Waals surface area contributed by atoms with Crippen molar-refractivity contribution in [2.75, 3.05) is 0 Å². The Balaban J connectivity index is 2.43. The normalized spacial score (nSPS) is 11.7. The molecule has 0 aliphatic rings. The van der Waals surface area contributed by atoms with Gasteiger partial charge in [-0.2, -0.15) is 5.26 Å². The van der Waals surface area contributed by atoms with Crippen molar-refractivity contribution < 1.29 is 5.11 Å². The average Bonchev–Trinajstić information content (AvgIpc) is 2.26. The minimum Gasteiger partial charge on any atom is -0.388 e. The van der Waals surface area contributed by atoms with Gasteiger partial charge in [0.05, 0.1) is 17.7 Å². The molecule has 1 aromatic carbocycles. The lowest BCUT2D eigenvalue weighted by molar-refractivity contribution is 0.206. The number of nitriles is 1. The predicted molar refractivity (Wildman–Crippen MR) is 55.5 cm³/mol. The zero-order valence-corrected chi connectivity index (χ0v) is 7.98. The smallest absolute Gasteiger partial charge is 0.0968 e. The highest BCUT2D eigenvalue weighted by Gasteiger charge is 2.07. The van der Waals surface area contributed by atoms with Crippen LogP contribution in [-0.2, 0) is 6.42 Å². The van der Waals surface area contributed by atoms with Crippen LogP contribution in [0, 0.1) is 11.3 Å². The van der Waals surface area contributed by atoms with Crippen LogP contribution in [0.1, 0.15) is 12.0 Å². The summed E-state index contributed by atoms with van der Waals surface area (Å²) in [5.74, 6) is 0. The molecule has 1 rings (SSSR count). The Kier molecular flexibility index (Phi) is 3.90. The Hall–Kier alpha value is -1.59. The highest BCUT2D eigenvalue weighted by Crippen LogP contribution is 2.08. The molecule has 0 saturated heterocycles. The van der Waals surface area contributed by atoms with E-state index in [1.54, 1.807) is 0 Å². The standard InChI is InChI=1S/C12H13NO/c1-10(9-13)12(14)8-7-11-5-3-2-4-6-11/h2-6,12,14H,1,7-8H2. The number of aliphatic hydroxyl groups excluding tert-OH is 1. The monoisotopic (exact) mass is 187 g/mol. The molecule has 72 valence electrons. The van der Waals surface area contributed by atoms with Crippen molar-refractivity contribution in [1.29, 1.82) is 5.26 Å². The zero-order chi connectivity index (χ0) is 10.4. The van der Waals surface area contributed by atoms with Crippen LogP contribution in [0.5, 0.6) is 0 Å². The van der Waals surface area contributed by atoms with Crippen LogP contribution in [0.25, 0.3) is 0 Å². The number of rotatable bonds is 4. The second-order valence-corrected chi connectivity index (χ2v) is 3.18. The average molecular weight is 187 g/mol. The molecule has 0 bridgehead atoms. The van der Waals surface area contributed by atoms with E-state index in [9.17, 15) is 5.11 Å². The highest BCUT2D eigenvalue weighted by atomic mass is 16.3. The molecule has 2 heteroatoms. The summed E-state index contributed by atoms with van der Waals surface area (Å²) in [4.78, 5) is 0. The third-order valence-corrected chi connectivity index (χ3v) is 2.10. The Labute approximate surface area is 84.1 Å². The quantitative estimate of drug-likeness (QED) is 0.733. The van der Waals surface area contributed by atoms with Crippen LogP contribution in [0.3, 0.4) is 0 Å². The molecule has 0 spiro atoms. The van der Waals surface area contributed by atoms with Gasteiger partial charge >= 0.3 is 0 Å². The van der Waals surface area contributed by atoms with Crippen molar-refractivity contribution in [1.82, 2.24) is 0 Å². The fraction of sp³-hybridized carbons (Fsp3) is 0.250. The van der Waals surface area contributed by atoms with E-state index in [4.69, 9.17) is 5.26 Å². The number of benzene rings is 1. The Morgan fingerprint density at radius 3 is 2.64 bits per heavy atom. The van der Waals surface area contributed by atoms with Crippen molar-refractivity contribution in [3.63, 3.8) is 0 Å². The van der Waals surface area contributed by atoms with E-state index in [0.29, 0.717) is 6.42 Å². The molecule has 1 atom stereocenters. The molecule has 0 aliphatic carbocycles. The summed E-state index contributed by atoms with van der Waals surface area (Å²) in [6.07, 6.45) is 0.610. The summed E-state index contributed by atoms with van der Waals surface area (Å²) in [5.41, 5.74) is 1.40. The van der Waals surface area contributed by atoms with Gasteiger partial charge in [0.2, 0.25) is 0 Å². The molecule has 0 fully saturated rings. The summed E-state index contributed by atoms with van der Waals surface area (Å²) in [7, 11) is 0. The van der Waals surface area contributed by atoms with Crippen LogP contribution < -0.4 is 0 Å². The number of aliphatic hydroxyl groups is 1. The summed E-state index contributed by atoms with van der Waals surface area (Å²) in [6.45, 7) is 3.47. The third kappa shape index (κ3) is 3.04. The fourth-order valence-corrected chi connectivity index (χ4v) is 1.20. The summed E-state index contributed by atoms with van der Waals surface area (Å²) >= 11 is 0. The van der Waals surface area contributed by atoms with Crippen LogP contribution in [0.4, 0.5) is 0 Å². The van der Waals surface area contributed by atoms with Gasteiger partial charge in [0.1, 0.15) is 0 Å². The van der Waals surface area contributed by atoms with Crippen molar-refractivity contribution in [3.05, 3.63) is 48.0 Å². The first kappa shape index (κ1) is 10.5. The minimum absolute atomic E-state index is 0.237. The summed E-state index contributed by atoms with van der Waals surface area (Å²) in [6, 6.07) is 11.7. The van der Waals surface area contributed by atoms with Crippen LogP contribution >= 0.6 is 0 Å². The first-order chi connectivity index (χ1) is 6.74. The first-order valence-electron chi connectivity index (χ1n) is 4.55. The molecule has 0 heterocycles. The molecule has 14 heavy (non-hydrogen) atoms. The molecule has 0 aromatic heterocycles. The predicted octanol–water partition coefficient (Wildman–Crippen LogP) is 2.06. The maximum absolute atomic E-state index is 9.46. The van der Waals surface area contributed by atoms with Gasteiger partial charge < -0.3 is 5.11 Å². The van der Waals surface area contributed by atoms with Gasteiger partial charge in [0.15, 0.2) is 0 Å². The van der Waals surface area contributed by atoms with Crippen molar-refractivity contribution in [2.24, 2.45) is 0 Å². The Bertz CT molecular complexity index is 337. The minimum atomic E-state index is -0.708. The largest absolute Gasteiger partial charge is 0.388 e. The molecule has 0 radical (unpaired) electrons. The first-order valence-corrected chi connectivity index (χ1v) is 4.55. The van der Waals surface area contributed by atoms with Crippen molar-refractivity contribution in [2.45, 2.75) is 18.9 Å². The fourth-order valence-electron chi connectivity index (χ4n) is 1.20. The SMILES string of the molecule is C=C(C#N)C(O)CCc1ccccc1. The Morgan fingerprint density at radius 1 is 1.43 bits per heavy atom. The van der Waals surface area contributed by atoms with Gasteiger partial charge in [-0.25, -0.2) is 0 Å². The molecule has 1 aromatic rings. The second-order valence-electron chi connectivity index (χ2n) is 3.18. The number of hydrogen-bond donors (Lipinski definition) is 1. The second kappa shape index (κ2) is 5.21. The number of nitrogens with zero attached hydrogens (tertiary/aromatic N) is 1. The van der Waals surface area contributed by atoms with E-state index in [1.807, 2.05) is 36.4 Å². The van der Waals surface area contributed by atoms with E-state index in [0.717, 1.165) is 12.0 Å². The Morgan fingerprint density at radius 2 is 2.07 bits per heavy atom. The van der Waals surface area contributed by atoms with E-state index in [-0.39, 0.29) is 5.57 Å². The molecule has 1 unspecified atom stereocenters. The van der Waals surface area contributed by atoms with Gasteiger partial charge in [-0.15, -0.1) is 0 Å². The van der Waals surface area contributed by atoms with Crippen LogP contribution in [0.2, 0.25) is 0 Å². The summed E-state index contributed by atoms with van der Waals surface area (Å²) < 4.78 is 0. The zero-order valence-electron chi connectivity index (χ0n) is 7.98. The van der Waals surface area contributed by atoms with Gasteiger partial charge in [-0.3, -0.25) is 0 Å². The lowest BCUT2D eigenvalue weighted by atomic mass is 10.0. The van der Waals surface area contributed by atoms with Gasteiger partial charge in [0, 0.05) is 0 Å². The van der Waals surface area contributed by atoms with Crippen LogP contribution in [-0.4, -0.2) is 11.2 Å². The van der Waals surface area contributed by atoms with E-state index in [1.165, 1.54) is 0 Å². The lowest BCUT2D eigenvalue weighted by Crippen LogP contribution is -2.09. The molecule has 0 aliphatic heterocycles. The highest BCUT2D eigenvalue weighted by molar-refractivity contribution is 5.22. The maximum Gasteiger partial charge on any atom is 0.0968 e.